The number of rotatable bonds is 8. The zero-order chi connectivity index (χ0) is 23.1. The van der Waals surface area contributed by atoms with Crippen molar-refractivity contribution in [1.82, 2.24) is 9.80 Å². The van der Waals surface area contributed by atoms with Gasteiger partial charge in [0, 0.05) is 63.0 Å². The van der Waals surface area contributed by atoms with Crippen LogP contribution in [0, 0.1) is 0 Å². The zero-order valence-corrected chi connectivity index (χ0v) is 18.8. The van der Waals surface area contributed by atoms with Gasteiger partial charge in [-0.2, -0.15) is 0 Å². The second kappa shape index (κ2) is 10.8. The number of carbonyl (C=O) groups is 4. The Balaban J connectivity index is 1.54. The fourth-order valence-electron chi connectivity index (χ4n) is 3.71. The molecule has 1 heterocycles. The molecule has 0 unspecified atom stereocenters. The van der Waals surface area contributed by atoms with Gasteiger partial charge in [-0.3, -0.25) is 19.2 Å². The van der Waals surface area contributed by atoms with Crippen LogP contribution in [0.1, 0.15) is 58.5 Å². The quantitative estimate of drug-likeness (QED) is 0.639. The Morgan fingerprint density at radius 2 is 0.906 bits per heavy atom. The predicted octanol–water partition coefficient (Wildman–Crippen LogP) is 3.33. The van der Waals surface area contributed by atoms with Crippen LogP contribution in [0.4, 0.5) is 0 Å². The summed E-state index contributed by atoms with van der Waals surface area (Å²) in [5.41, 5.74) is 3.01. The molecule has 0 saturated carbocycles. The molecule has 2 aromatic rings. The summed E-state index contributed by atoms with van der Waals surface area (Å²) in [6, 6.07) is 14.4. The largest absolute Gasteiger partial charge is 0.335 e. The number of ketones is 2. The lowest BCUT2D eigenvalue weighted by Crippen LogP contribution is -2.50. The van der Waals surface area contributed by atoms with E-state index in [1.54, 1.807) is 34.1 Å². The fourth-order valence-corrected chi connectivity index (χ4v) is 3.71. The molecule has 0 atom stereocenters. The maximum atomic E-state index is 12.8. The molecule has 1 aliphatic rings. The van der Waals surface area contributed by atoms with Gasteiger partial charge in [0.1, 0.15) is 11.6 Å². The van der Waals surface area contributed by atoms with Crippen LogP contribution < -0.4 is 0 Å². The summed E-state index contributed by atoms with van der Waals surface area (Å²) in [6.07, 6.45) is 1.79. The van der Waals surface area contributed by atoms with E-state index in [2.05, 4.69) is 0 Å². The second-order valence-electron chi connectivity index (χ2n) is 8.12. The number of carbonyl (C=O) groups excluding carboxylic acids is 4. The Morgan fingerprint density at radius 3 is 1.19 bits per heavy atom. The molecule has 2 amide bonds. The van der Waals surface area contributed by atoms with Gasteiger partial charge in [-0.1, -0.05) is 38.1 Å². The van der Waals surface area contributed by atoms with E-state index in [0.29, 0.717) is 63.0 Å². The van der Waals surface area contributed by atoms with Crippen LogP contribution in [0.5, 0.6) is 0 Å². The number of nitrogens with zero attached hydrogens (tertiary/aromatic N) is 2. The molecule has 0 aromatic heterocycles. The summed E-state index contributed by atoms with van der Waals surface area (Å²) in [4.78, 5) is 52.3. The highest BCUT2D eigenvalue weighted by Crippen LogP contribution is 2.14. The summed E-state index contributed by atoms with van der Waals surface area (Å²) < 4.78 is 0. The van der Waals surface area contributed by atoms with Gasteiger partial charge >= 0.3 is 0 Å². The molecule has 168 valence electrons. The number of amides is 2. The van der Waals surface area contributed by atoms with E-state index in [-0.39, 0.29) is 23.4 Å². The molecule has 6 nitrogen and oxygen atoms in total. The Bertz CT molecular complexity index is 890. The molecular formula is C26H30N2O4. The van der Waals surface area contributed by atoms with Crippen LogP contribution >= 0.6 is 0 Å². The van der Waals surface area contributed by atoms with Crippen molar-refractivity contribution < 1.29 is 19.2 Å². The molecule has 1 fully saturated rings. The molecule has 6 heteroatoms. The Labute approximate surface area is 189 Å². The van der Waals surface area contributed by atoms with Gasteiger partial charge in [-0.15, -0.1) is 0 Å². The van der Waals surface area contributed by atoms with Gasteiger partial charge in [0.15, 0.2) is 0 Å². The van der Waals surface area contributed by atoms with Crippen LogP contribution in [0.15, 0.2) is 48.5 Å². The number of hydrogen-bond acceptors (Lipinski definition) is 4. The van der Waals surface area contributed by atoms with Crippen molar-refractivity contribution in [3.63, 3.8) is 0 Å². The number of piperazine rings is 1. The van der Waals surface area contributed by atoms with Crippen molar-refractivity contribution in [3.8, 4) is 0 Å². The first kappa shape index (κ1) is 23.4. The second-order valence-corrected chi connectivity index (χ2v) is 8.12. The number of hydrogen-bond donors (Lipinski definition) is 0. The predicted molar refractivity (Wildman–Crippen MR) is 123 cm³/mol. The van der Waals surface area contributed by atoms with E-state index in [1.165, 1.54) is 0 Å². The minimum absolute atomic E-state index is 0.0598. The van der Waals surface area contributed by atoms with Gasteiger partial charge in [-0.25, -0.2) is 0 Å². The van der Waals surface area contributed by atoms with E-state index >= 15 is 0 Å². The first-order chi connectivity index (χ1) is 15.4. The third-order valence-corrected chi connectivity index (χ3v) is 5.85. The van der Waals surface area contributed by atoms with Crippen LogP contribution in [-0.4, -0.2) is 59.4 Å². The van der Waals surface area contributed by atoms with Crippen molar-refractivity contribution in [2.24, 2.45) is 0 Å². The molecule has 1 aliphatic heterocycles. The van der Waals surface area contributed by atoms with Gasteiger partial charge < -0.3 is 9.80 Å². The van der Waals surface area contributed by atoms with E-state index in [0.717, 1.165) is 11.1 Å². The van der Waals surface area contributed by atoms with Gasteiger partial charge in [0.2, 0.25) is 0 Å². The average molecular weight is 435 g/mol. The molecular weight excluding hydrogens is 404 g/mol. The Morgan fingerprint density at radius 1 is 0.594 bits per heavy atom. The highest BCUT2D eigenvalue weighted by molar-refractivity contribution is 5.96. The lowest BCUT2D eigenvalue weighted by atomic mass is 10.0. The summed E-state index contributed by atoms with van der Waals surface area (Å²) in [6.45, 7) is 5.59. The first-order valence-electron chi connectivity index (χ1n) is 11.2. The molecule has 0 aliphatic carbocycles. The van der Waals surface area contributed by atoms with Crippen LogP contribution in [0.3, 0.4) is 0 Å². The topological polar surface area (TPSA) is 74.8 Å². The van der Waals surface area contributed by atoms with Crippen molar-refractivity contribution in [2.75, 3.05) is 26.2 Å². The highest BCUT2D eigenvalue weighted by Gasteiger charge is 2.25. The monoisotopic (exact) mass is 434 g/mol. The van der Waals surface area contributed by atoms with Gasteiger partial charge in [-0.05, 0) is 35.4 Å². The standard InChI is InChI=1S/C26H30N2O4/c1-3-23(29)17-19-5-9-21(10-6-19)25(31)27-13-15-28(16-14-27)26(32)22-11-7-20(8-12-22)18-24(30)4-2/h5-12H,3-4,13-18H2,1-2H3. The Kier molecular flexibility index (Phi) is 7.92. The van der Waals surface area contributed by atoms with Gasteiger partial charge in [0.25, 0.3) is 11.8 Å². The average Bonchev–Trinajstić information content (AvgIpc) is 2.84. The molecule has 0 spiro atoms. The molecule has 0 bridgehead atoms. The molecule has 3 rings (SSSR count). The first-order valence-corrected chi connectivity index (χ1v) is 11.2. The lowest BCUT2D eigenvalue weighted by molar-refractivity contribution is -0.118. The normalized spacial score (nSPS) is 13.7. The van der Waals surface area contributed by atoms with Gasteiger partial charge in [0.05, 0.1) is 0 Å². The number of benzene rings is 2. The molecule has 2 aromatic carbocycles. The lowest BCUT2D eigenvalue weighted by Gasteiger charge is -2.35. The van der Waals surface area contributed by atoms with Crippen LogP contribution in [-0.2, 0) is 22.4 Å². The third-order valence-electron chi connectivity index (χ3n) is 5.85. The van der Waals surface area contributed by atoms with Crippen molar-refractivity contribution >= 4 is 23.4 Å². The number of Topliss-reactive ketones (excluding diaryl/α,β-unsaturated/α-hetero) is 2. The minimum atomic E-state index is -0.0598. The molecule has 32 heavy (non-hydrogen) atoms. The van der Waals surface area contributed by atoms with Crippen molar-refractivity contribution in [2.45, 2.75) is 39.5 Å². The highest BCUT2D eigenvalue weighted by atomic mass is 16.2. The summed E-state index contributed by atoms with van der Waals surface area (Å²) in [5, 5.41) is 0. The zero-order valence-electron chi connectivity index (χ0n) is 18.8. The van der Waals surface area contributed by atoms with E-state index < -0.39 is 0 Å². The summed E-state index contributed by atoms with van der Waals surface area (Å²) >= 11 is 0. The molecule has 1 saturated heterocycles. The minimum Gasteiger partial charge on any atom is -0.335 e. The maximum Gasteiger partial charge on any atom is 0.253 e. The smallest absolute Gasteiger partial charge is 0.253 e. The molecule has 0 radical (unpaired) electrons. The summed E-state index contributed by atoms with van der Waals surface area (Å²) in [5.74, 6) is 0.230. The SMILES string of the molecule is CCC(=O)Cc1ccc(C(=O)N2CCN(C(=O)c3ccc(CC(=O)CC)cc3)CC2)cc1. The van der Waals surface area contributed by atoms with Crippen molar-refractivity contribution in [1.29, 1.82) is 0 Å². The summed E-state index contributed by atoms with van der Waals surface area (Å²) in [7, 11) is 0. The van der Waals surface area contributed by atoms with E-state index in [9.17, 15) is 19.2 Å². The van der Waals surface area contributed by atoms with E-state index in [4.69, 9.17) is 0 Å². The van der Waals surface area contributed by atoms with E-state index in [1.807, 2.05) is 38.1 Å². The maximum absolute atomic E-state index is 12.8. The van der Waals surface area contributed by atoms with Crippen LogP contribution in [0.2, 0.25) is 0 Å². The molecule has 0 N–H and O–H groups in total. The third kappa shape index (κ3) is 5.90. The van der Waals surface area contributed by atoms with Crippen molar-refractivity contribution in [3.05, 3.63) is 70.8 Å². The van der Waals surface area contributed by atoms with Crippen LogP contribution in [0.25, 0.3) is 0 Å². The fraction of sp³-hybridized carbons (Fsp3) is 0.385. The Hall–Kier alpha value is -3.28.